The molecule has 0 saturated heterocycles. The van der Waals surface area contributed by atoms with Crippen LogP contribution < -0.4 is 9.46 Å². The second kappa shape index (κ2) is 17.2. The molecule has 0 fully saturated rings. The van der Waals surface area contributed by atoms with Crippen LogP contribution in [0.3, 0.4) is 0 Å². The molecule has 11 heteroatoms. The second-order valence-electron chi connectivity index (χ2n) is 12.2. The predicted molar refractivity (Wildman–Crippen MR) is 199 cm³/mol. The molecule has 1 aromatic heterocycles. The summed E-state index contributed by atoms with van der Waals surface area (Å²) in [5, 5.41) is 10.1. The van der Waals surface area contributed by atoms with Gasteiger partial charge in [-0.2, -0.15) is 0 Å². The Morgan fingerprint density at radius 2 is 1.54 bits per heavy atom. The fraction of sp³-hybridized carbons (Fsp3) is 0.282. The number of imidazole rings is 1. The molecule has 4 aromatic carbocycles. The molecule has 0 unspecified atom stereocenters. The Hall–Kier alpha value is -4.15. The number of carboxylic acids is 1. The number of aromatic nitrogens is 2. The van der Waals surface area contributed by atoms with Gasteiger partial charge in [0.1, 0.15) is 18.2 Å². The molecular formula is C39H41Cl2N3O5S. The number of benzene rings is 4. The number of nitrogens with zero attached hydrogens (tertiary/aromatic N) is 2. The van der Waals surface area contributed by atoms with E-state index in [-0.39, 0.29) is 17.1 Å². The summed E-state index contributed by atoms with van der Waals surface area (Å²) in [5.74, 6) is 0.222. The predicted octanol–water partition coefficient (Wildman–Crippen LogP) is 9.54. The minimum atomic E-state index is -3.94. The first kappa shape index (κ1) is 37.1. The van der Waals surface area contributed by atoms with Crippen LogP contribution in [0.1, 0.15) is 78.4 Å². The van der Waals surface area contributed by atoms with Crippen molar-refractivity contribution in [2.45, 2.75) is 76.5 Å². The van der Waals surface area contributed by atoms with E-state index >= 15 is 0 Å². The summed E-state index contributed by atoms with van der Waals surface area (Å²) in [6, 6.07) is 25.6. The normalized spacial score (nSPS) is 12.2. The Morgan fingerprint density at radius 3 is 2.18 bits per heavy atom. The Morgan fingerprint density at radius 1 is 0.880 bits per heavy atom. The molecule has 0 bridgehead atoms. The maximum Gasteiger partial charge on any atom is 0.335 e. The first-order valence-corrected chi connectivity index (χ1v) is 19.0. The lowest BCUT2D eigenvalue weighted by molar-refractivity contribution is 0.0696. The third-order valence-electron chi connectivity index (χ3n) is 8.40. The van der Waals surface area contributed by atoms with Crippen molar-refractivity contribution in [3.63, 3.8) is 0 Å². The molecular weight excluding hydrogens is 693 g/mol. The number of aromatic carboxylic acids is 1. The maximum absolute atomic E-state index is 13.9. The smallest absolute Gasteiger partial charge is 0.335 e. The van der Waals surface area contributed by atoms with Crippen molar-refractivity contribution in [2.24, 2.45) is 0 Å². The molecule has 0 aliphatic rings. The standard InChI is InChI=1S/C39H41Cl2N3O5S/c1-3-5-7-27-12-19-33(20-13-27)50(47,48)43-36(38-42-37(25-44(38)22-6-4-2)34-21-16-31(40)24-35(34)41)23-28-10-17-32(18-11-28)49-26-29-8-14-30(15-9-29)39(45)46/h8-21,24-25,36,43H,3-7,22-23,26H2,1-2H3,(H,45,46)/t36-/m0/s1. The highest BCUT2D eigenvalue weighted by Gasteiger charge is 2.27. The summed E-state index contributed by atoms with van der Waals surface area (Å²) in [6.45, 7) is 5.15. The van der Waals surface area contributed by atoms with Gasteiger partial charge in [-0.3, -0.25) is 0 Å². The Balaban J connectivity index is 1.44. The molecule has 0 saturated carbocycles. The SMILES string of the molecule is CCCCc1ccc(S(=O)(=O)N[C@@H](Cc2ccc(OCc3ccc(C(=O)O)cc3)cc2)c2nc(-c3ccc(Cl)cc3Cl)cn2CCCC)cc1. The number of sulfonamides is 1. The van der Waals surface area contributed by atoms with Crippen molar-refractivity contribution in [2.75, 3.05) is 0 Å². The largest absolute Gasteiger partial charge is 0.489 e. The van der Waals surface area contributed by atoms with Gasteiger partial charge in [-0.25, -0.2) is 22.9 Å². The first-order valence-electron chi connectivity index (χ1n) is 16.7. The number of hydrogen-bond acceptors (Lipinski definition) is 5. The van der Waals surface area contributed by atoms with Crippen LogP contribution in [0.15, 0.2) is 102 Å². The van der Waals surface area contributed by atoms with Gasteiger partial charge in [-0.05, 0) is 97.0 Å². The molecule has 5 rings (SSSR count). The zero-order valence-corrected chi connectivity index (χ0v) is 30.4. The van der Waals surface area contributed by atoms with E-state index in [2.05, 4.69) is 18.6 Å². The number of unbranched alkanes of at least 4 members (excludes halogenated alkanes) is 2. The molecule has 50 heavy (non-hydrogen) atoms. The number of ether oxygens (including phenoxy) is 1. The molecule has 0 aliphatic heterocycles. The average molecular weight is 735 g/mol. The lowest BCUT2D eigenvalue weighted by Gasteiger charge is -2.20. The number of hydrogen-bond donors (Lipinski definition) is 2. The number of rotatable bonds is 17. The summed E-state index contributed by atoms with van der Waals surface area (Å²) in [4.78, 5) is 16.3. The summed E-state index contributed by atoms with van der Waals surface area (Å²) in [6.07, 6.45) is 7.06. The van der Waals surface area contributed by atoms with E-state index in [1.807, 2.05) is 53.2 Å². The van der Waals surface area contributed by atoms with Crippen LogP contribution in [0.5, 0.6) is 5.75 Å². The highest BCUT2D eigenvalue weighted by molar-refractivity contribution is 7.89. The van der Waals surface area contributed by atoms with E-state index in [0.717, 1.165) is 48.8 Å². The lowest BCUT2D eigenvalue weighted by Crippen LogP contribution is -2.32. The molecule has 8 nitrogen and oxygen atoms in total. The van der Waals surface area contributed by atoms with E-state index < -0.39 is 22.0 Å². The molecule has 262 valence electrons. The van der Waals surface area contributed by atoms with Crippen LogP contribution in [0.4, 0.5) is 0 Å². The number of carbonyl (C=O) groups is 1. The summed E-state index contributed by atoms with van der Waals surface area (Å²) < 4.78 is 38.8. The van der Waals surface area contributed by atoms with Crippen molar-refractivity contribution in [3.05, 3.63) is 135 Å². The van der Waals surface area contributed by atoms with Gasteiger partial charge in [0.25, 0.3) is 0 Å². The van der Waals surface area contributed by atoms with Crippen LogP contribution in [0, 0.1) is 0 Å². The molecule has 0 aliphatic carbocycles. The fourth-order valence-electron chi connectivity index (χ4n) is 5.57. The van der Waals surface area contributed by atoms with Crippen LogP contribution in [-0.2, 0) is 36.0 Å². The maximum atomic E-state index is 13.9. The van der Waals surface area contributed by atoms with Gasteiger partial charge in [0.05, 0.1) is 27.2 Å². The molecule has 5 aromatic rings. The topological polar surface area (TPSA) is 111 Å². The highest BCUT2D eigenvalue weighted by Crippen LogP contribution is 2.32. The second-order valence-corrected chi connectivity index (χ2v) is 14.8. The molecule has 0 amide bonds. The highest BCUT2D eigenvalue weighted by atomic mass is 35.5. The van der Waals surface area contributed by atoms with E-state index in [9.17, 15) is 13.2 Å². The Labute approximate surface area is 304 Å². The third-order valence-corrected chi connectivity index (χ3v) is 10.4. The molecule has 0 radical (unpaired) electrons. The van der Waals surface area contributed by atoms with Gasteiger partial charge in [0, 0.05) is 23.3 Å². The van der Waals surface area contributed by atoms with E-state index in [4.69, 9.17) is 38.0 Å². The van der Waals surface area contributed by atoms with Gasteiger partial charge < -0.3 is 14.4 Å². The molecule has 1 heterocycles. The fourth-order valence-corrected chi connectivity index (χ4v) is 7.27. The number of carboxylic acid groups (broad SMARTS) is 1. The van der Waals surface area contributed by atoms with Gasteiger partial charge >= 0.3 is 5.97 Å². The summed E-state index contributed by atoms with van der Waals surface area (Å²) in [5.41, 5.74) is 4.36. The van der Waals surface area contributed by atoms with Crippen LogP contribution in [0.2, 0.25) is 10.0 Å². The van der Waals surface area contributed by atoms with E-state index in [1.165, 1.54) is 0 Å². The molecule has 0 spiro atoms. The van der Waals surface area contributed by atoms with Crippen LogP contribution in [-0.4, -0.2) is 29.0 Å². The number of aryl methyl sites for hydroxylation is 2. The summed E-state index contributed by atoms with van der Waals surface area (Å²) in [7, 11) is -3.94. The van der Waals surface area contributed by atoms with Crippen molar-refractivity contribution >= 4 is 39.2 Å². The third kappa shape index (κ3) is 9.75. The van der Waals surface area contributed by atoms with Gasteiger partial charge in [-0.1, -0.05) is 86.3 Å². The zero-order valence-electron chi connectivity index (χ0n) is 28.1. The van der Waals surface area contributed by atoms with Crippen molar-refractivity contribution in [3.8, 4) is 17.0 Å². The van der Waals surface area contributed by atoms with Gasteiger partial charge in [-0.15, -0.1) is 0 Å². The summed E-state index contributed by atoms with van der Waals surface area (Å²) >= 11 is 12.8. The molecule has 1 atom stereocenters. The van der Waals surface area contributed by atoms with Gasteiger partial charge in [0.15, 0.2) is 0 Å². The monoisotopic (exact) mass is 733 g/mol. The van der Waals surface area contributed by atoms with Crippen LogP contribution >= 0.6 is 23.2 Å². The van der Waals surface area contributed by atoms with Crippen molar-refractivity contribution in [1.29, 1.82) is 0 Å². The van der Waals surface area contributed by atoms with Crippen molar-refractivity contribution < 1.29 is 23.1 Å². The van der Waals surface area contributed by atoms with E-state index in [1.54, 1.807) is 48.5 Å². The van der Waals surface area contributed by atoms with Crippen LogP contribution in [0.25, 0.3) is 11.3 Å². The molecule has 2 N–H and O–H groups in total. The minimum Gasteiger partial charge on any atom is -0.489 e. The average Bonchev–Trinajstić information content (AvgIpc) is 3.53. The Bertz CT molecular complexity index is 2000. The first-order chi connectivity index (χ1) is 24.1. The quantitative estimate of drug-likeness (QED) is 0.0985. The number of halogens is 2. The lowest BCUT2D eigenvalue weighted by atomic mass is 10.1. The zero-order chi connectivity index (χ0) is 35.7. The number of nitrogens with one attached hydrogen (secondary N) is 1. The van der Waals surface area contributed by atoms with Gasteiger partial charge in [0.2, 0.25) is 10.0 Å². The Kier molecular flexibility index (Phi) is 12.8. The van der Waals surface area contributed by atoms with E-state index in [0.29, 0.717) is 45.8 Å². The van der Waals surface area contributed by atoms with Crippen molar-refractivity contribution in [1.82, 2.24) is 14.3 Å². The minimum absolute atomic E-state index is 0.190.